The number of nitriles is 1. The van der Waals surface area contributed by atoms with Gasteiger partial charge in [0.2, 0.25) is 0 Å². The van der Waals surface area contributed by atoms with Crippen LogP contribution in [0.5, 0.6) is 11.5 Å². The van der Waals surface area contributed by atoms with Crippen molar-refractivity contribution >= 4 is 56.5 Å². The van der Waals surface area contributed by atoms with Crippen LogP contribution in [0.25, 0.3) is 10.2 Å². The Labute approximate surface area is 277 Å². The Morgan fingerprint density at radius 1 is 1.13 bits per heavy atom. The van der Waals surface area contributed by atoms with Crippen LogP contribution >= 0.6 is 11.3 Å². The van der Waals surface area contributed by atoms with E-state index in [0.29, 0.717) is 69.6 Å². The van der Waals surface area contributed by atoms with E-state index in [-0.39, 0.29) is 23.4 Å². The number of aryl methyl sites for hydroxylation is 1. The molecule has 5 rings (SSSR count). The lowest BCUT2D eigenvalue weighted by molar-refractivity contribution is -0.125. The molecule has 12 heteroatoms. The number of hydrogen-bond acceptors (Lipinski definition) is 8. The molecule has 0 aliphatic carbocycles. The second-order valence-corrected chi connectivity index (χ2v) is 12.8. The Kier molecular flexibility index (Phi) is 9.89. The molecule has 242 valence electrons. The number of aromatic nitrogens is 1. The molecule has 4 aromatic rings. The Bertz CT molecular complexity index is 1900. The molecule has 0 saturated carbocycles. The van der Waals surface area contributed by atoms with Crippen LogP contribution in [0.15, 0.2) is 72.4 Å². The molecule has 0 fully saturated rings. The zero-order chi connectivity index (χ0) is 33.7. The summed E-state index contributed by atoms with van der Waals surface area (Å²) < 4.78 is 5.97. The highest BCUT2D eigenvalue weighted by atomic mass is 32.1. The zero-order valence-electron chi connectivity index (χ0n) is 27.0. The van der Waals surface area contributed by atoms with E-state index >= 15 is 0 Å². The molecule has 0 unspecified atom stereocenters. The third-order valence-corrected chi connectivity index (χ3v) is 8.99. The summed E-state index contributed by atoms with van der Waals surface area (Å²) >= 11 is 1.22. The van der Waals surface area contributed by atoms with Crippen LogP contribution in [-0.2, 0) is 4.79 Å². The minimum atomic E-state index is -0.492. The highest BCUT2D eigenvalue weighted by Crippen LogP contribution is 2.46. The number of amides is 4. The molecular formula is C35H37N7O4S. The van der Waals surface area contributed by atoms with Crippen molar-refractivity contribution in [3.63, 3.8) is 0 Å². The van der Waals surface area contributed by atoms with Crippen LogP contribution in [0.4, 0.5) is 21.9 Å². The average Bonchev–Trinajstić information content (AvgIpc) is 3.43. The van der Waals surface area contributed by atoms with Crippen molar-refractivity contribution in [3.05, 3.63) is 82.9 Å². The van der Waals surface area contributed by atoms with Crippen LogP contribution < -0.4 is 25.6 Å². The third-order valence-electron chi connectivity index (χ3n) is 7.89. The zero-order valence-corrected chi connectivity index (χ0v) is 27.8. The smallest absolute Gasteiger partial charge is 0.331 e. The molecule has 0 bridgehead atoms. The summed E-state index contributed by atoms with van der Waals surface area (Å²) in [6.45, 7) is 6.48. The van der Waals surface area contributed by atoms with Crippen molar-refractivity contribution in [3.8, 4) is 17.6 Å². The number of pyridine rings is 1. The number of unbranched alkanes of at least 4 members (excludes halogenated alkanes) is 1. The van der Waals surface area contributed by atoms with Gasteiger partial charge in [-0.15, -0.1) is 11.3 Å². The van der Waals surface area contributed by atoms with E-state index in [9.17, 15) is 19.6 Å². The molecule has 3 heterocycles. The lowest BCUT2D eigenvalue weighted by atomic mass is 10.0. The fourth-order valence-corrected chi connectivity index (χ4v) is 6.22. The predicted molar refractivity (Wildman–Crippen MR) is 185 cm³/mol. The van der Waals surface area contributed by atoms with Crippen LogP contribution in [0.1, 0.15) is 41.9 Å². The van der Waals surface area contributed by atoms with Crippen LogP contribution in [0.2, 0.25) is 0 Å². The summed E-state index contributed by atoms with van der Waals surface area (Å²) in [5.41, 5.74) is 2.19. The van der Waals surface area contributed by atoms with Gasteiger partial charge in [0, 0.05) is 31.9 Å². The first-order valence-electron chi connectivity index (χ1n) is 15.2. The largest absolute Gasteiger partial charge is 0.457 e. The van der Waals surface area contributed by atoms with Gasteiger partial charge in [0.15, 0.2) is 0 Å². The highest BCUT2D eigenvalue weighted by molar-refractivity contribution is 7.21. The molecule has 4 amide bonds. The molecule has 3 N–H and O–H groups in total. The van der Waals surface area contributed by atoms with Crippen molar-refractivity contribution in [2.45, 2.75) is 39.2 Å². The Morgan fingerprint density at radius 2 is 1.89 bits per heavy atom. The minimum absolute atomic E-state index is 0.0803. The molecule has 2 aromatic heterocycles. The molecular weight excluding hydrogens is 614 g/mol. The van der Waals surface area contributed by atoms with Crippen molar-refractivity contribution in [2.75, 3.05) is 37.4 Å². The number of anilines is 3. The van der Waals surface area contributed by atoms with E-state index in [1.165, 1.54) is 16.2 Å². The first-order valence-corrected chi connectivity index (χ1v) is 16.1. The maximum atomic E-state index is 13.6. The summed E-state index contributed by atoms with van der Waals surface area (Å²) in [6.07, 6.45) is 4.50. The summed E-state index contributed by atoms with van der Waals surface area (Å²) in [6, 6.07) is 18.4. The van der Waals surface area contributed by atoms with Crippen LogP contribution in [0.3, 0.4) is 0 Å². The van der Waals surface area contributed by atoms with Gasteiger partial charge in [-0.1, -0.05) is 18.2 Å². The number of thiophene rings is 1. The third kappa shape index (κ3) is 7.27. The number of nitrogens with one attached hydrogen (secondary N) is 3. The number of para-hydroxylation sites is 1. The van der Waals surface area contributed by atoms with Gasteiger partial charge in [-0.25, -0.2) is 9.78 Å². The number of likely N-dealkylation sites (N-methyl/N-ethyl adjacent to an activating group) is 2. The number of carbonyl (C=O) groups is 3. The standard InChI is InChI=1S/C35H37N7O4S/c1-22-19-25(46-24-11-7-6-8-12-24)13-14-26(22)42-27-15-17-39-32-28(27)29(40-34(42)45)30(47-32)31(43)38-16-9-10-18-41(5)33(44)23(21-36)20-35(2,3)37-4/h6-8,11-15,17,19-20,37H,9-10,16,18H2,1-5H3,(H,38,43)(H,40,45)/b23-20+. The van der Waals surface area contributed by atoms with E-state index < -0.39 is 5.54 Å². The molecule has 0 radical (unpaired) electrons. The van der Waals surface area contributed by atoms with E-state index in [1.54, 1.807) is 37.3 Å². The second-order valence-electron chi connectivity index (χ2n) is 11.8. The van der Waals surface area contributed by atoms with E-state index in [0.717, 1.165) is 5.56 Å². The summed E-state index contributed by atoms with van der Waals surface area (Å²) in [4.78, 5) is 48.2. The normalized spacial score (nSPS) is 12.8. The van der Waals surface area contributed by atoms with Crippen molar-refractivity contribution in [2.24, 2.45) is 0 Å². The topological polar surface area (TPSA) is 140 Å². The van der Waals surface area contributed by atoms with Gasteiger partial charge in [-0.2, -0.15) is 5.26 Å². The average molecular weight is 652 g/mol. The molecule has 47 heavy (non-hydrogen) atoms. The number of rotatable bonds is 12. The van der Waals surface area contributed by atoms with Crippen molar-refractivity contribution < 1.29 is 19.1 Å². The Balaban J connectivity index is 1.24. The van der Waals surface area contributed by atoms with E-state index in [2.05, 4.69) is 20.9 Å². The maximum Gasteiger partial charge on any atom is 0.331 e. The predicted octanol–water partition coefficient (Wildman–Crippen LogP) is 6.50. The SMILES string of the molecule is CNC(C)(C)/C=C(\C#N)C(=O)N(C)CCCCNC(=O)c1sc2nccc3c2c1NC(=O)N3c1ccc(Oc2ccccc2)cc1C. The summed E-state index contributed by atoms with van der Waals surface area (Å²) in [5, 5.41) is 19.1. The Morgan fingerprint density at radius 3 is 2.60 bits per heavy atom. The molecule has 0 atom stereocenters. The number of ether oxygens (including phenoxy) is 1. The van der Waals surface area contributed by atoms with Gasteiger partial charge in [0.05, 0.1) is 22.4 Å². The fraction of sp³-hybridized carbons (Fsp3) is 0.286. The molecule has 0 spiro atoms. The lowest BCUT2D eigenvalue weighted by Crippen LogP contribution is -2.36. The molecule has 1 aliphatic heterocycles. The summed E-state index contributed by atoms with van der Waals surface area (Å²) in [7, 11) is 3.43. The molecule has 11 nitrogen and oxygen atoms in total. The number of carbonyl (C=O) groups excluding carboxylic acids is 3. The van der Waals surface area contributed by atoms with Gasteiger partial charge in [0.1, 0.15) is 32.8 Å². The van der Waals surface area contributed by atoms with Crippen molar-refractivity contribution in [1.82, 2.24) is 20.5 Å². The van der Waals surface area contributed by atoms with Crippen molar-refractivity contribution in [1.29, 1.82) is 5.26 Å². The summed E-state index contributed by atoms with van der Waals surface area (Å²) in [5.74, 6) is 0.716. The number of benzene rings is 2. The fourth-order valence-electron chi connectivity index (χ4n) is 5.19. The molecule has 0 saturated heterocycles. The van der Waals surface area contributed by atoms with Crippen LogP contribution in [0, 0.1) is 18.3 Å². The van der Waals surface area contributed by atoms with Gasteiger partial charge in [-0.05, 0) is 88.7 Å². The quantitative estimate of drug-likeness (QED) is 0.0903. The maximum absolute atomic E-state index is 13.6. The van der Waals surface area contributed by atoms with Gasteiger partial charge in [0.25, 0.3) is 11.8 Å². The second kappa shape index (κ2) is 14.0. The van der Waals surface area contributed by atoms with Gasteiger partial charge in [-0.3, -0.25) is 14.5 Å². The molecule has 2 aromatic carbocycles. The number of nitrogens with zero attached hydrogens (tertiary/aromatic N) is 4. The monoisotopic (exact) mass is 651 g/mol. The van der Waals surface area contributed by atoms with Gasteiger partial charge < -0.3 is 25.6 Å². The van der Waals surface area contributed by atoms with Gasteiger partial charge >= 0.3 is 6.03 Å². The Hall–Kier alpha value is -5.25. The first kappa shape index (κ1) is 33.1. The number of hydrogen-bond donors (Lipinski definition) is 3. The van der Waals surface area contributed by atoms with E-state index in [4.69, 9.17) is 4.74 Å². The first-order chi connectivity index (χ1) is 22.5. The minimum Gasteiger partial charge on any atom is -0.457 e. The van der Waals surface area contributed by atoms with Crippen LogP contribution in [-0.4, -0.2) is 60.5 Å². The highest BCUT2D eigenvalue weighted by Gasteiger charge is 2.33. The number of urea groups is 1. The lowest BCUT2D eigenvalue weighted by Gasteiger charge is -2.29. The molecule has 1 aliphatic rings. The van der Waals surface area contributed by atoms with E-state index in [1.807, 2.05) is 75.4 Å².